The van der Waals surface area contributed by atoms with Crippen molar-refractivity contribution < 1.29 is 0 Å². The number of hydrogen-bond donors (Lipinski definition) is 0. The zero-order valence-corrected chi connectivity index (χ0v) is 15.5. The van der Waals surface area contributed by atoms with E-state index in [1.54, 1.807) is 4.68 Å². The van der Waals surface area contributed by atoms with Crippen LogP contribution in [0.4, 0.5) is 0 Å². The Morgan fingerprint density at radius 1 is 0.960 bits per heavy atom. The van der Waals surface area contributed by atoms with Gasteiger partial charge in [0.2, 0.25) is 0 Å². The molecular formula is C19H28N6. The zero-order valence-electron chi connectivity index (χ0n) is 15.5. The van der Waals surface area contributed by atoms with E-state index in [-0.39, 0.29) is 0 Å². The average molecular weight is 340 g/mol. The maximum Gasteiger partial charge on any atom is 0.152 e. The van der Waals surface area contributed by atoms with Crippen LogP contribution in [0.5, 0.6) is 0 Å². The van der Waals surface area contributed by atoms with Crippen LogP contribution in [0, 0.1) is 10.8 Å². The van der Waals surface area contributed by atoms with Crippen molar-refractivity contribution in [1.82, 2.24) is 30.0 Å². The van der Waals surface area contributed by atoms with Gasteiger partial charge in [-0.2, -0.15) is 0 Å². The molecule has 2 aliphatic rings. The van der Waals surface area contributed by atoms with Gasteiger partial charge in [0.15, 0.2) is 5.82 Å². The summed E-state index contributed by atoms with van der Waals surface area (Å²) in [5.74, 6) is 0.970. The molecule has 134 valence electrons. The molecule has 0 bridgehead atoms. The zero-order chi connectivity index (χ0) is 17.5. The van der Waals surface area contributed by atoms with E-state index in [9.17, 15) is 0 Å². The van der Waals surface area contributed by atoms with E-state index >= 15 is 0 Å². The molecule has 25 heavy (non-hydrogen) atoms. The fraction of sp³-hybridized carbons (Fsp3) is 0.632. The van der Waals surface area contributed by atoms with Gasteiger partial charge in [-0.05, 0) is 16.0 Å². The minimum absolute atomic E-state index is 0.361. The molecule has 2 saturated heterocycles. The summed E-state index contributed by atoms with van der Waals surface area (Å²) in [6.45, 7) is 11.7. The van der Waals surface area contributed by atoms with Crippen LogP contribution in [0.25, 0.3) is 0 Å². The summed E-state index contributed by atoms with van der Waals surface area (Å²) in [5, 5.41) is 11.8. The molecule has 0 saturated carbocycles. The first kappa shape index (κ1) is 16.7. The fourth-order valence-electron chi connectivity index (χ4n) is 4.78. The van der Waals surface area contributed by atoms with Crippen molar-refractivity contribution in [3.63, 3.8) is 0 Å². The highest BCUT2D eigenvalue weighted by Crippen LogP contribution is 2.51. The van der Waals surface area contributed by atoms with E-state index in [0.29, 0.717) is 10.8 Å². The molecular weight excluding hydrogens is 312 g/mol. The van der Waals surface area contributed by atoms with Gasteiger partial charge in [-0.1, -0.05) is 44.2 Å². The Balaban J connectivity index is 1.37. The Morgan fingerprint density at radius 3 is 2.20 bits per heavy atom. The van der Waals surface area contributed by atoms with Crippen LogP contribution in [0.1, 0.15) is 25.2 Å². The number of aromatic nitrogens is 4. The van der Waals surface area contributed by atoms with Crippen LogP contribution in [-0.4, -0.2) is 62.7 Å². The third-order valence-corrected chi connectivity index (χ3v) is 6.36. The third-order valence-electron chi connectivity index (χ3n) is 6.36. The molecule has 6 heteroatoms. The second kappa shape index (κ2) is 6.18. The molecule has 1 aromatic heterocycles. The topological polar surface area (TPSA) is 50.1 Å². The molecule has 2 aliphatic heterocycles. The van der Waals surface area contributed by atoms with Crippen molar-refractivity contribution in [3.05, 3.63) is 41.7 Å². The predicted molar refractivity (Wildman–Crippen MR) is 96.9 cm³/mol. The Hall–Kier alpha value is -1.79. The number of benzene rings is 1. The van der Waals surface area contributed by atoms with Crippen LogP contribution >= 0.6 is 0 Å². The summed E-state index contributed by atoms with van der Waals surface area (Å²) in [4.78, 5) is 5.24. The SMILES string of the molecule is Cn1nnnc1CCN1CC2(C)CN(Cc3ccccc3)CC2(C)C1. The van der Waals surface area contributed by atoms with E-state index in [4.69, 9.17) is 0 Å². The molecule has 1 aromatic carbocycles. The fourth-order valence-corrected chi connectivity index (χ4v) is 4.78. The van der Waals surface area contributed by atoms with Gasteiger partial charge in [-0.15, -0.1) is 5.10 Å². The van der Waals surface area contributed by atoms with Gasteiger partial charge < -0.3 is 4.90 Å². The lowest BCUT2D eigenvalue weighted by Crippen LogP contribution is -2.34. The number of nitrogens with zero attached hydrogens (tertiary/aromatic N) is 6. The third kappa shape index (κ3) is 3.09. The molecule has 6 nitrogen and oxygen atoms in total. The van der Waals surface area contributed by atoms with E-state index < -0.39 is 0 Å². The molecule has 2 unspecified atom stereocenters. The lowest BCUT2D eigenvalue weighted by Gasteiger charge is -2.31. The number of aryl methyl sites for hydroxylation is 1. The maximum absolute atomic E-state index is 4.11. The van der Waals surface area contributed by atoms with Gasteiger partial charge in [0.05, 0.1) is 0 Å². The van der Waals surface area contributed by atoms with Crippen molar-refractivity contribution in [3.8, 4) is 0 Å². The summed E-state index contributed by atoms with van der Waals surface area (Å²) in [7, 11) is 1.91. The maximum atomic E-state index is 4.11. The van der Waals surface area contributed by atoms with E-state index in [1.165, 1.54) is 31.7 Å². The van der Waals surface area contributed by atoms with Crippen molar-refractivity contribution >= 4 is 0 Å². The van der Waals surface area contributed by atoms with Crippen molar-refractivity contribution in [2.45, 2.75) is 26.8 Å². The summed E-state index contributed by atoms with van der Waals surface area (Å²) in [6, 6.07) is 10.8. The Morgan fingerprint density at radius 2 is 1.60 bits per heavy atom. The van der Waals surface area contributed by atoms with Gasteiger partial charge in [-0.3, -0.25) is 4.90 Å². The summed E-state index contributed by atoms with van der Waals surface area (Å²) in [6.07, 6.45) is 0.920. The molecule has 4 rings (SSSR count). The van der Waals surface area contributed by atoms with Crippen molar-refractivity contribution in [2.75, 3.05) is 32.7 Å². The largest absolute Gasteiger partial charge is 0.302 e. The number of hydrogen-bond acceptors (Lipinski definition) is 5. The monoisotopic (exact) mass is 340 g/mol. The molecule has 2 fully saturated rings. The molecule has 0 radical (unpaired) electrons. The number of rotatable bonds is 5. The minimum atomic E-state index is 0.361. The normalized spacial score (nSPS) is 30.0. The number of tetrazole rings is 1. The van der Waals surface area contributed by atoms with E-state index in [0.717, 1.165) is 25.3 Å². The van der Waals surface area contributed by atoms with Crippen LogP contribution in [0.15, 0.2) is 30.3 Å². The number of fused-ring (bicyclic) bond motifs is 1. The molecule has 0 spiro atoms. The molecule has 3 heterocycles. The first-order valence-electron chi connectivity index (χ1n) is 9.17. The second-order valence-corrected chi connectivity index (χ2v) is 8.43. The highest BCUT2D eigenvalue weighted by molar-refractivity contribution is 5.16. The lowest BCUT2D eigenvalue weighted by molar-refractivity contribution is 0.212. The minimum Gasteiger partial charge on any atom is -0.302 e. The van der Waals surface area contributed by atoms with Gasteiger partial charge in [0.25, 0.3) is 0 Å². The summed E-state index contributed by atoms with van der Waals surface area (Å²) < 4.78 is 1.78. The van der Waals surface area contributed by atoms with Crippen LogP contribution in [0.2, 0.25) is 0 Å². The summed E-state index contributed by atoms with van der Waals surface area (Å²) >= 11 is 0. The predicted octanol–water partition coefficient (Wildman–Crippen LogP) is 1.60. The van der Waals surface area contributed by atoms with E-state index in [1.807, 2.05) is 7.05 Å². The second-order valence-electron chi connectivity index (χ2n) is 8.43. The van der Waals surface area contributed by atoms with Gasteiger partial charge in [-0.25, -0.2) is 4.68 Å². The molecule has 0 aliphatic carbocycles. The smallest absolute Gasteiger partial charge is 0.152 e. The Kier molecular flexibility index (Phi) is 4.12. The lowest BCUT2D eigenvalue weighted by atomic mass is 9.71. The van der Waals surface area contributed by atoms with Crippen LogP contribution in [-0.2, 0) is 20.0 Å². The Labute approximate surface area is 149 Å². The van der Waals surface area contributed by atoms with Crippen molar-refractivity contribution in [1.29, 1.82) is 0 Å². The highest BCUT2D eigenvalue weighted by Gasteiger charge is 2.56. The van der Waals surface area contributed by atoms with Crippen LogP contribution < -0.4 is 0 Å². The quantitative estimate of drug-likeness (QED) is 0.827. The van der Waals surface area contributed by atoms with E-state index in [2.05, 4.69) is 69.5 Å². The standard InChI is InChI=1S/C19H28N6/c1-18-12-24(10-9-17-20-21-22-23(17)3)13-19(18,2)15-25(14-18)11-16-7-5-4-6-8-16/h4-8H,9-15H2,1-3H3. The first-order chi connectivity index (χ1) is 12.0. The number of likely N-dealkylation sites (tertiary alicyclic amines) is 2. The molecule has 0 amide bonds. The molecule has 2 aromatic rings. The average Bonchev–Trinajstić information content (AvgIpc) is 3.14. The van der Waals surface area contributed by atoms with Crippen LogP contribution in [0.3, 0.4) is 0 Å². The molecule has 0 N–H and O–H groups in total. The van der Waals surface area contributed by atoms with Crippen molar-refractivity contribution in [2.24, 2.45) is 17.9 Å². The highest BCUT2D eigenvalue weighted by atomic mass is 15.5. The summed E-state index contributed by atoms with van der Waals surface area (Å²) in [5.41, 5.74) is 2.14. The first-order valence-corrected chi connectivity index (χ1v) is 9.17. The Bertz CT molecular complexity index is 709. The van der Waals surface area contributed by atoms with Gasteiger partial charge in [0.1, 0.15) is 0 Å². The molecule has 2 atom stereocenters. The van der Waals surface area contributed by atoms with Gasteiger partial charge >= 0.3 is 0 Å². The van der Waals surface area contributed by atoms with Gasteiger partial charge in [0, 0.05) is 63.6 Å².